The molecule has 0 saturated carbocycles. The van der Waals surface area contributed by atoms with E-state index in [9.17, 15) is 23.2 Å². The number of ether oxygens (including phenoxy) is 1. The van der Waals surface area contributed by atoms with Crippen molar-refractivity contribution in [3.05, 3.63) is 65.2 Å². The molecule has 0 spiro atoms. The van der Waals surface area contributed by atoms with E-state index in [0.29, 0.717) is 43.6 Å². The normalized spacial score (nSPS) is 13.6. The maximum absolute atomic E-state index is 13.6. The van der Waals surface area contributed by atoms with Crippen molar-refractivity contribution in [2.75, 3.05) is 39.8 Å². The van der Waals surface area contributed by atoms with Crippen molar-refractivity contribution >= 4 is 17.7 Å². The quantitative estimate of drug-likeness (QED) is 0.760. The molecular weight excluding hydrogens is 408 g/mol. The van der Waals surface area contributed by atoms with Gasteiger partial charge in [0.05, 0.1) is 12.7 Å². The Balaban J connectivity index is 1.43. The summed E-state index contributed by atoms with van der Waals surface area (Å²) in [5, 5.41) is 2.46. The van der Waals surface area contributed by atoms with Gasteiger partial charge in [-0.05, 0) is 36.4 Å². The number of benzene rings is 2. The van der Waals surface area contributed by atoms with E-state index in [0.717, 1.165) is 12.1 Å². The smallest absolute Gasteiger partial charge is 0.254 e. The maximum atomic E-state index is 13.6. The molecule has 7 nitrogen and oxygen atoms in total. The number of nitrogens with zero attached hydrogens (tertiary/aromatic N) is 2. The van der Waals surface area contributed by atoms with Crippen molar-refractivity contribution in [3.8, 4) is 5.75 Å². The predicted molar refractivity (Wildman–Crippen MR) is 109 cm³/mol. The van der Waals surface area contributed by atoms with Crippen LogP contribution in [-0.2, 0) is 4.79 Å². The Morgan fingerprint density at radius 2 is 1.61 bits per heavy atom. The lowest BCUT2D eigenvalue weighted by atomic mass is 10.1. The van der Waals surface area contributed by atoms with Gasteiger partial charge in [-0.15, -0.1) is 0 Å². The van der Waals surface area contributed by atoms with Crippen molar-refractivity contribution < 1.29 is 27.9 Å². The highest BCUT2D eigenvalue weighted by molar-refractivity contribution is 5.95. The first-order chi connectivity index (χ1) is 14.9. The van der Waals surface area contributed by atoms with Crippen LogP contribution in [0.15, 0.2) is 42.5 Å². The second kappa shape index (κ2) is 10.0. The second-order valence-electron chi connectivity index (χ2n) is 7.03. The summed E-state index contributed by atoms with van der Waals surface area (Å²) in [7, 11) is 1.56. The average molecular weight is 431 g/mol. The molecule has 0 unspecified atom stereocenters. The number of carbonyl (C=O) groups is 3. The average Bonchev–Trinajstić information content (AvgIpc) is 2.78. The van der Waals surface area contributed by atoms with Crippen molar-refractivity contribution in [2.24, 2.45) is 0 Å². The van der Waals surface area contributed by atoms with Gasteiger partial charge in [0.2, 0.25) is 5.91 Å². The molecular formula is C22H23F2N3O4. The highest BCUT2D eigenvalue weighted by atomic mass is 19.1. The Bertz CT molecular complexity index is 958. The van der Waals surface area contributed by atoms with Crippen molar-refractivity contribution in [1.29, 1.82) is 0 Å². The summed E-state index contributed by atoms with van der Waals surface area (Å²) in [6.07, 6.45) is 0.0426. The number of hydrogen-bond donors (Lipinski definition) is 1. The summed E-state index contributed by atoms with van der Waals surface area (Å²) in [5.74, 6) is -2.04. The van der Waals surface area contributed by atoms with Gasteiger partial charge in [-0.25, -0.2) is 8.78 Å². The van der Waals surface area contributed by atoms with Crippen molar-refractivity contribution in [2.45, 2.75) is 6.42 Å². The van der Waals surface area contributed by atoms with Crippen LogP contribution in [0.1, 0.15) is 27.1 Å². The summed E-state index contributed by atoms with van der Waals surface area (Å²) in [4.78, 5) is 40.3. The third-order valence-electron chi connectivity index (χ3n) is 5.06. The van der Waals surface area contributed by atoms with Gasteiger partial charge in [0.15, 0.2) is 0 Å². The van der Waals surface area contributed by atoms with E-state index in [1.807, 2.05) is 0 Å². The topological polar surface area (TPSA) is 79.0 Å². The van der Waals surface area contributed by atoms with Crippen LogP contribution in [0.5, 0.6) is 5.75 Å². The summed E-state index contributed by atoms with van der Waals surface area (Å²) in [5.41, 5.74) is 0.274. The standard InChI is InChI=1S/C22H23F2N3O4/c1-31-17-5-2-15(3-6-17)22(30)27-12-10-26(11-13-27)20(28)8-9-25-21(29)18-7-4-16(23)14-19(18)24/h2-7,14H,8-13H2,1H3,(H,25,29). The number of rotatable bonds is 6. The predicted octanol–water partition coefficient (Wildman–Crippen LogP) is 2.08. The molecule has 1 aliphatic heterocycles. The molecule has 3 rings (SSSR count). The minimum Gasteiger partial charge on any atom is -0.497 e. The fourth-order valence-corrected chi connectivity index (χ4v) is 3.29. The van der Waals surface area contributed by atoms with E-state index in [4.69, 9.17) is 4.74 Å². The Morgan fingerprint density at radius 1 is 0.968 bits per heavy atom. The maximum Gasteiger partial charge on any atom is 0.254 e. The highest BCUT2D eigenvalue weighted by Crippen LogP contribution is 2.15. The van der Waals surface area contributed by atoms with E-state index >= 15 is 0 Å². The number of methoxy groups -OCH3 is 1. The lowest BCUT2D eigenvalue weighted by Crippen LogP contribution is -2.51. The zero-order valence-corrected chi connectivity index (χ0v) is 17.1. The molecule has 1 saturated heterocycles. The molecule has 164 valence electrons. The lowest BCUT2D eigenvalue weighted by molar-refractivity contribution is -0.132. The molecule has 0 aliphatic carbocycles. The zero-order chi connectivity index (χ0) is 22.4. The lowest BCUT2D eigenvalue weighted by Gasteiger charge is -2.35. The molecule has 2 aromatic rings. The first kappa shape index (κ1) is 22.2. The molecule has 1 N–H and O–H groups in total. The Morgan fingerprint density at radius 3 is 2.23 bits per heavy atom. The van der Waals surface area contributed by atoms with Gasteiger partial charge in [-0.3, -0.25) is 14.4 Å². The number of carbonyl (C=O) groups excluding carboxylic acids is 3. The molecule has 9 heteroatoms. The summed E-state index contributed by atoms with van der Waals surface area (Å²) < 4.78 is 31.6. The van der Waals surface area contributed by atoms with E-state index in [2.05, 4.69) is 5.32 Å². The molecule has 2 aromatic carbocycles. The monoisotopic (exact) mass is 431 g/mol. The van der Waals surface area contributed by atoms with Crippen LogP contribution in [-0.4, -0.2) is 67.4 Å². The summed E-state index contributed by atoms with van der Waals surface area (Å²) in [6, 6.07) is 9.53. The van der Waals surface area contributed by atoms with E-state index < -0.39 is 17.5 Å². The van der Waals surface area contributed by atoms with Gasteiger partial charge in [0.25, 0.3) is 11.8 Å². The van der Waals surface area contributed by atoms with Gasteiger partial charge in [0, 0.05) is 50.8 Å². The Kier molecular flexibility index (Phi) is 7.17. The molecule has 31 heavy (non-hydrogen) atoms. The van der Waals surface area contributed by atoms with Gasteiger partial charge in [-0.2, -0.15) is 0 Å². The number of nitrogens with one attached hydrogen (secondary N) is 1. The van der Waals surface area contributed by atoms with Crippen LogP contribution in [0.25, 0.3) is 0 Å². The minimum absolute atomic E-state index is 0.0273. The van der Waals surface area contributed by atoms with Crippen LogP contribution < -0.4 is 10.1 Å². The number of amides is 3. The molecule has 0 bridgehead atoms. The SMILES string of the molecule is COc1ccc(C(=O)N2CCN(C(=O)CCNC(=O)c3ccc(F)cc3F)CC2)cc1. The number of hydrogen-bond acceptors (Lipinski definition) is 4. The number of piperazine rings is 1. The summed E-state index contributed by atoms with van der Waals surface area (Å²) >= 11 is 0. The highest BCUT2D eigenvalue weighted by Gasteiger charge is 2.25. The van der Waals surface area contributed by atoms with E-state index in [1.54, 1.807) is 41.2 Å². The second-order valence-corrected chi connectivity index (χ2v) is 7.03. The van der Waals surface area contributed by atoms with Crippen LogP contribution >= 0.6 is 0 Å². The third-order valence-corrected chi connectivity index (χ3v) is 5.06. The molecule has 1 fully saturated rings. The first-order valence-electron chi connectivity index (χ1n) is 9.83. The molecule has 0 radical (unpaired) electrons. The van der Waals surface area contributed by atoms with Crippen molar-refractivity contribution in [3.63, 3.8) is 0 Å². The minimum atomic E-state index is -0.957. The third kappa shape index (κ3) is 5.56. The summed E-state index contributed by atoms with van der Waals surface area (Å²) in [6.45, 7) is 1.62. The molecule has 0 aromatic heterocycles. The Hall–Kier alpha value is -3.49. The van der Waals surface area contributed by atoms with Crippen LogP contribution in [0, 0.1) is 11.6 Å². The van der Waals surface area contributed by atoms with Crippen LogP contribution in [0.2, 0.25) is 0 Å². The fourth-order valence-electron chi connectivity index (χ4n) is 3.29. The first-order valence-corrected chi connectivity index (χ1v) is 9.83. The van der Waals surface area contributed by atoms with Gasteiger partial charge in [0.1, 0.15) is 17.4 Å². The molecule has 3 amide bonds. The Labute approximate surface area is 178 Å². The zero-order valence-electron chi connectivity index (χ0n) is 17.1. The fraction of sp³-hybridized carbons (Fsp3) is 0.318. The van der Waals surface area contributed by atoms with Crippen LogP contribution in [0.3, 0.4) is 0 Å². The van der Waals surface area contributed by atoms with E-state index in [1.165, 1.54) is 0 Å². The van der Waals surface area contributed by atoms with Crippen molar-refractivity contribution in [1.82, 2.24) is 15.1 Å². The molecule has 1 aliphatic rings. The molecule has 0 atom stereocenters. The molecule has 1 heterocycles. The van der Waals surface area contributed by atoms with Gasteiger partial charge < -0.3 is 19.9 Å². The number of halogens is 2. The van der Waals surface area contributed by atoms with Gasteiger partial charge >= 0.3 is 0 Å². The van der Waals surface area contributed by atoms with Crippen LogP contribution in [0.4, 0.5) is 8.78 Å². The van der Waals surface area contributed by atoms with E-state index in [-0.39, 0.29) is 30.3 Å². The largest absolute Gasteiger partial charge is 0.497 e. The van der Waals surface area contributed by atoms with Gasteiger partial charge in [-0.1, -0.05) is 0 Å².